The fourth-order valence-corrected chi connectivity index (χ4v) is 4.79. The first-order valence-corrected chi connectivity index (χ1v) is 12.6. The van der Waals surface area contributed by atoms with Gasteiger partial charge in [0.25, 0.3) is 0 Å². The first kappa shape index (κ1) is 25.5. The number of anilines is 1. The highest BCUT2D eigenvalue weighted by molar-refractivity contribution is 5.83. The van der Waals surface area contributed by atoms with Gasteiger partial charge in [0.05, 0.1) is 19.3 Å². The Balaban J connectivity index is 1.66. The van der Waals surface area contributed by atoms with Crippen molar-refractivity contribution in [3.05, 3.63) is 47.8 Å². The maximum Gasteiger partial charge on any atom is 0.329 e. The highest BCUT2D eigenvalue weighted by atomic mass is 19.1. The van der Waals surface area contributed by atoms with E-state index in [-0.39, 0.29) is 17.8 Å². The number of ether oxygens (including phenoxy) is 3. The summed E-state index contributed by atoms with van der Waals surface area (Å²) in [4.78, 5) is 12.1. The number of carboxylic acid groups (broad SMARTS) is 1. The van der Waals surface area contributed by atoms with Gasteiger partial charge in [-0.3, -0.25) is 0 Å². The molecule has 2 aromatic carbocycles. The van der Waals surface area contributed by atoms with E-state index in [0.717, 1.165) is 36.8 Å². The minimum Gasteiger partial charge on any atom is -0.490 e. The molecule has 2 N–H and O–H groups in total. The fraction of sp³-hybridized carbons (Fsp3) is 0.536. The van der Waals surface area contributed by atoms with Crippen LogP contribution in [0.5, 0.6) is 5.75 Å². The lowest BCUT2D eigenvalue weighted by atomic mass is 9.89. The quantitative estimate of drug-likeness (QED) is 0.428. The number of carbonyl (C=O) groups is 1. The van der Waals surface area contributed by atoms with Gasteiger partial charge in [-0.15, -0.1) is 0 Å². The molecule has 0 spiro atoms. The Kier molecular flexibility index (Phi) is 8.29. The van der Waals surface area contributed by atoms with E-state index >= 15 is 4.39 Å². The molecule has 7 heteroatoms. The van der Waals surface area contributed by atoms with Crippen LogP contribution < -0.4 is 10.1 Å². The molecule has 35 heavy (non-hydrogen) atoms. The summed E-state index contributed by atoms with van der Waals surface area (Å²) in [5.41, 5.74) is 1.57. The molecule has 1 saturated carbocycles. The molecule has 1 saturated heterocycles. The van der Waals surface area contributed by atoms with Gasteiger partial charge >= 0.3 is 5.97 Å². The van der Waals surface area contributed by atoms with E-state index in [2.05, 4.69) is 5.32 Å². The number of hydrogen-bond acceptors (Lipinski definition) is 5. The van der Waals surface area contributed by atoms with Gasteiger partial charge in [0.2, 0.25) is 0 Å². The zero-order valence-corrected chi connectivity index (χ0v) is 20.6. The zero-order chi connectivity index (χ0) is 24.8. The molecule has 0 aromatic heterocycles. The van der Waals surface area contributed by atoms with Crippen LogP contribution in [0.25, 0.3) is 11.1 Å². The summed E-state index contributed by atoms with van der Waals surface area (Å²) in [6.45, 7) is 5.59. The Bertz CT molecular complexity index is 1010. The summed E-state index contributed by atoms with van der Waals surface area (Å²) in [5, 5.41) is 13.2. The van der Waals surface area contributed by atoms with E-state index < -0.39 is 17.3 Å². The second-order valence-corrected chi connectivity index (χ2v) is 10.0. The Morgan fingerprint density at radius 1 is 1.17 bits per heavy atom. The van der Waals surface area contributed by atoms with Crippen LogP contribution >= 0.6 is 0 Å². The lowest BCUT2D eigenvalue weighted by Crippen LogP contribution is -2.50. The molecule has 190 valence electrons. The molecule has 0 atom stereocenters. The monoisotopic (exact) mass is 485 g/mol. The highest BCUT2D eigenvalue weighted by Crippen LogP contribution is 2.35. The van der Waals surface area contributed by atoms with Crippen molar-refractivity contribution in [1.82, 2.24) is 0 Å². The molecule has 0 unspecified atom stereocenters. The SMILES string of the molecule is CC(C)COc1cccc(-c2ccc(NC3(C(=O)O)CCOCC3)cc2COC2CCCC2)c1F. The van der Waals surface area contributed by atoms with E-state index in [4.69, 9.17) is 14.2 Å². The van der Waals surface area contributed by atoms with Crippen molar-refractivity contribution in [3.63, 3.8) is 0 Å². The van der Waals surface area contributed by atoms with Gasteiger partial charge in [-0.25, -0.2) is 9.18 Å². The Morgan fingerprint density at radius 2 is 1.91 bits per heavy atom. The van der Waals surface area contributed by atoms with Crippen LogP contribution in [-0.2, 0) is 20.9 Å². The van der Waals surface area contributed by atoms with Gasteiger partial charge in [0.15, 0.2) is 11.6 Å². The van der Waals surface area contributed by atoms with Crippen molar-refractivity contribution in [1.29, 1.82) is 0 Å². The van der Waals surface area contributed by atoms with Crippen LogP contribution in [0.2, 0.25) is 0 Å². The maximum absolute atomic E-state index is 15.5. The molecule has 1 heterocycles. The molecule has 2 fully saturated rings. The van der Waals surface area contributed by atoms with Gasteiger partial charge in [-0.2, -0.15) is 0 Å². The number of rotatable bonds is 10. The van der Waals surface area contributed by atoms with E-state index in [0.29, 0.717) is 50.5 Å². The van der Waals surface area contributed by atoms with E-state index in [1.807, 2.05) is 32.0 Å². The summed E-state index contributed by atoms with van der Waals surface area (Å²) >= 11 is 0. The van der Waals surface area contributed by atoms with Gasteiger partial charge < -0.3 is 24.6 Å². The summed E-state index contributed by atoms with van der Waals surface area (Å²) < 4.78 is 32.8. The van der Waals surface area contributed by atoms with Crippen LogP contribution in [-0.4, -0.2) is 42.5 Å². The van der Waals surface area contributed by atoms with Crippen LogP contribution in [0.1, 0.15) is 57.9 Å². The largest absolute Gasteiger partial charge is 0.490 e. The van der Waals surface area contributed by atoms with Gasteiger partial charge in [0.1, 0.15) is 5.54 Å². The number of carboxylic acids is 1. The lowest BCUT2D eigenvalue weighted by molar-refractivity contribution is -0.145. The molecule has 1 aliphatic carbocycles. The van der Waals surface area contributed by atoms with Crippen molar-refractivity contribution in [2.45, 2.75) is 70.6 Å². The van der Waals surface area contributed by atoms with Crippen molar-refractivity contribution in [2.75, 3.05) is 25.1 Å². The van der Waals surface area contributed by atoms with Crippen molar-refractivity contribution < 1.29 is 28.5 Å². The second kappa shape index (κ2) is 11.4. The molecule has 2 aliphatic rings. The predicted octanol–water partition coefficient (Wildman–Crippen LogP) is 6.03. The molecule has 1 aliphatic heterocycles. The summed E-state index contributed by atoms with van der Waals surface area (Å²) in [5.74, 6) is -0.782. The van der Waals surface area contributed by atoms with E-state index in [1.54, 1.807) is 18.2 Å². The zero-order valence-electron chi connectivity index (χ0n) is 20.6. The predicted molar refractivity (Wildman–Crippen MR) is 133 cm³/mol. The Labute approximate surface area is 206 Å². The molecule has 0 amide bonds. The Hall–Kier alpha value is -2.64. The second-order valence-electron chi connectivity index (χ2n) is 10.0. The van der Waals surface area contributed by atoms with Crippen molar-refractivity contribution >= 4 is 11.7 Å². The summed E-state index contributed by atoms with van der Waals surface area (Å²) in [6.07, 6.45) is 5.33. The highest BCUT2D eigenvalue weighted by Gasteiger charge is 2.40. The van der Waals surface area contributed by atoms with Gasteiger partial charge in [-0.1, -0.05) is 44.9 Å². The first-order chi connectivity index (χ1) is 16.9. The normalized spacial score (nSPS) is 18.1. The minimum absolute atomic E-state index is 0.200. The van der Waals surface area contributed by atoms with E-state index in [9.17, 15) is 9.90 Å². The lowest BCUT2D eigenvalue weighted by Gasteiger charge is -2.35. The van der Waals surface area contributed by atoms with Crippen LogP contribution in [0, 0.1) is 11.7 Å². The minimum atomic E-state index is -1.08. The molecule has 4 rings (SSSR count). The third-order valence-corrected chi connectivity index (χ3v) is 6.85. The molecular formula is C28H36FNO5. The number of benzene rings is 2. The smallest absolute Gasteiger partial charge is 0.329 e. The summed E-state index contributed by atoms with van der Waals surface area (Å²) in [7, 11) is 0. The van der Waals surface area contributed by atoms with Gasteiger partial charge in [-0.05, 0) is 48.1 Å². The average Bonchev–Trinajstić information content (AvgIpc) is 3.37. The number of hydrogen-bond donors (Lipinski definition) is 2. The topological polar surface area (TPSA) is 77.0 Å². The number of nitrogens with one attached hydrogen (secondary N) is 1. The maximum atomic E-state index is 15.5. The molecule has 0 bridgehead atoms. The first-order valence-electron chi connectivity index (χ1n) is 12.6. The fourth-order valence-electron chi connectivity index (χ4n) is 4.79. The van der Waals surface area contributed by atoms with Crippen LogP contribution in [0.15, 0.2) is 36.4 Å². The van der Waals surface area contributed by atoms with Crippen LogP contribution in [0.3, 0.4) is 0 Å². The third kappa shape index (κ3) is 6.14. The van der Waals surface area contributed by atoms with Crippen LogP contribution in [0.4, 0.5) is 10.1 Å². The molecule has 0 radical (unpaired) electrons. The standard InChI is InChI=1S/C28H36FNO5/c1-19(2)17-35-25-9-5-8-24(26(25)29)23-11-10-21(16-20(23)18-34-22-6-3-4-7-22)30-28(27(31)32)12-14-33-15-13-28/h5,8-11,16,19,22,30H,3-4,6-7,12-15,17-18H2,1-2H3,(H,31,32). The average molecular weight is 486 g/mol. The molecule has 2 aromatic rings. The number of aliphatic carboxylic acids is 1. The van der Waals surface area contributed by atoms with Crippen molar-refractivity contribution in [3.8, 4) is 16.9 Å². The Morgan fingerprint density at radius 3 is 2.60 bits per heavy atom. The van der Waals surface area contributed by atoms with E-state index in [1.165, 1.54) is 0 Å². The third-order valence-electron chi connectivity index (χ3n) is 6.85. The number of halogens is 1. The molecule has 6 nitrogen and oxygen atoms in total. The molecular weight excluding hydrogens is 449 g/mol. The van der Waals surface area contributed by atoms with Crippen molar-refractivity contribution in [2.24, 2.45) is 5.92 Å². The summed E-state index contributed by atoms with van der Waals surface area (Å²) in [6, 6.07) is 10.7. The van der Waals surface area contributed by atoms with Gasteiger partial charge in [0, 0.05) is 37.3 Å².